The van der Waals surface area contributed by atoms with Gasteiger partial charge >= 0.3 is 0 Å². The molecule has 0 aliphatic rings. The largest absolute Gasteiger partial charge is 0.484 e. The molecule has 38 heavy (non-hydrogen) atoms. The van der Waals surface area contributed by atoms with Crippen LogP contribution in [-0.2, 0) is 29.1 Å². The maximum Gasteiger partial charge on any atom is 0.261 e. The summed E-state index contributed by atoms with van der Waals surface area (Å²) in [7, 11) is 0. The molecule has 0 unspecified atom stereocenters. The van der Waals surface area contributed by atoms with Gasteiger partial charge in [0, 0.05) is 29.6 Å². The van der Waals surface area contributed by atoms with Crippen LogP contribution in [-0.4, -0.2) is 29.4 Å². The molecule has 4 aromatic rings. The minimum Gasteiger partial charge on any atom is -0.484 e. The number of ether oxygens (including phenoxy) is 1. The fourth-order valence-corrected chi connectivity index (χ4v) is 4.25. The molecule has 4 aromatic carbocycles. The topological polar surface area (TPSA) is 58.6 Å². The van der Waals surface area contributed by atoms with Crippen molar-refractivity contribution in [1.82, 2.24) is 10.2 Å². The molecule has 0 aliphatic carbocycles. The van der Waals surface area contributed by atoms with Crippen molar-refractivity contribution in [3.05, 3.63) is 136 Å². The molecule has 4 rings (SSSR count). The third kappa shape index (κ3) is 8.10. The molecule has 2 amide bonds. The predicted molar refractivity (Wildman–Crippen MR) is 151 cm³/mol. The van der Waals surface area contributed by atoms with Gasteiger partial charge in [-0.25, -0.2) is 0 Å². The van der Waals surface area contributed by atoms with Crippen molar-refractivity contribution in [3.63, 3.8) is 0 Å². The van der Waals surface area contributed by atoms with E-state index in [0.717, 1.165) is 16.7 Å². The monoisotopic (exact) mass is 546 g/mol. The normalized spacial score (nSPS) is 11.4. The van der Waals surface area contributed by atoms with Gasteiger partial charge in [0.15, 0.2) is 6.61 Å². The molecule has 1 N–H and O–H groups in total. The van der Waals surface area contributed by atoms with Gasteiger partial charge in [-0.3, -0.25) is 9.59 Å². The molecule has 5 nitrogen and oxygen atoms in total. The van der Waals surface area contributed by atoms with Crippen LogP contribution in [0.5, 0.6) is 5.75 Å². The van der Waals surface area contributed by atoms with E-state index in [1.165, 1.54) is 0 Å². The molecule has 0 saturated carbocycles. The van der Waals surface area contributed by atoms with Crippen molar-refractivity contribution in [2.45, 2.75) is 25.6 Å². The molecule has 0 radical (unpaired) electrons. The predicted octanol–water partition coefficient (Wildman–Crippen LogP) is 6.33. The molecule has 0 fully saturated rings. The van der Waals surface area contributed by atoms with E-state index in [9.17, 15) is 9.59 Å². The third-order valence-corrected chi connectivity index (χ3v) is 6.53. The molecule has 194 valence electrons. The molecule has 0 saturated heterocycles. The number of carbonyl (C=O) groups excluding carboxylic acids is 2. The lowest BCUT2D eigenvalue weighted by molar-refractivity contribution is -0.142. The average molecular weight is 547 g/mol. The minimum absolute atomic E-state index is 0.201. The van der Waals surface area contributed by atoms with E-state index >= 15 is 0 Å². The van der Waals surface area contributed by atoms with Crippen LogP contribution < -0.4 is 10.1 Å². The summed E-state index contributed by atoms with van der Waals surface area (Å²) in [5.41, 5.74) is 2.70. The maximum atomic E-state index is 13.7. The summed E-state index contributed by atoms with van der Waals surface area (Å²) in [5.74, 6) is 0.0243. The Bertz CT molecular complexity index is 1320. The highest BCUT2D eigenvalue weighted by molar-refractivity contribution is 6.30. The number of nitrogens with one attached hydrogen (secondary N) is 1. The Morgan fingerprint density at radius 3 is 1.87 bits per heavy atom. The number of benzene rings is 4. The summed E-state index contributed by atoms with van der Waals surface area (Å²) in [5, 5.41) is 4.23. The molecule has 0 aliphatic heterocycles. The number of nitrogens with zero attached hydrogens (tertiary/aromatic N) is 1. The summed E-state index contributed by atoms with van der Waals surface area (Å²) in [6, 6.07) is 32.5. The number of halogens is 2. The number of amides is 2. The zero-order valence-corrected chi connectivity index (χ0v) is 22.2. The highest BCUT2D eigenvalue weighted by atomic mass is 35.5. The van der Waals surface area contributed by atoms with Crippen LogP contribution in [0.15, 0.2) is 109 Å². The van der Waals surface area contributed by atoms with Gasteiger partial charge in [-0.05, 0) is 53.1 Å². The van der Waals surface area contributed by atoms with Gasteiger partial charge in [0.05, 0.1) is 0 Å². The molecular formula is C31H28Cl2N2O3. The first kappa shape index (κ1) is 27.2. The van der Waals surface area contributed by atoms with E-state index in [-0.39, 0.29) is 25.0 Å². The summed E-state index contributed by atoms with van der Waals surface area (Å²) in [4.78, 5) is 28.9. The number of hydrogen-bond donors (Lipinski definition) is 1. The molecule has 0 spiro atoms. The van der Waals surface area contributed by atoms with E-state index in [2.05, 4.69) is 5.32 Å². The standard InChI is InChI=1S/C31H28Cl2N2O3/c32-26-15-11-24(12-16-26)20-34-31(37)29(19-23-7-3-1-4-8-23)35(21-25-13-17-27(33)18-14-25)30(36)22-38-28-9-5-2-6-10-28/h1-18,29H,19-22H2,(H,34,37)/t29-/m1/s1. The van der Waals surface area contributed by atoms with Gasteiger partial charge in [-0.1, -0.05) is 96.0 Å². The average Bonchev–Trinajstić information content (AvgIpc) is 2.95. The summed E-state index contributed by atoms with van der Waals surface area (Å²) >= 11 is 12.1. The SMILES string of the molecule is O=C(NCc1ccc(Cl)cc1)[C@@H](Cc1ccccc1)N(Cc1ccc(Cl)cc1)C(=O)COc1ccccc1. The Balaban J connectivity index is 1.60. The van der Waals surface area contributed by atoms with Crippen molar-refractivity contribution < 1.29 is 14.3 Å². The summed E-state index contributed by atoms with van der Waals surface area (Å²) < 4.78 is 5.77. The second kappa shape index (κ2) is 13.7. The van der Waals surface area contributed by atoms with Crippen LogP contribution in [0.3, 0.4) is 0 Å². The maximum absolute atomic E-state index is 13.7. The van der Waals surface area contributed by atoms with Gasteiger partial charge < -0.3 is 15.0 Å². The summed E-state index contributed by atoms with van der Waals surface area (Å²) in [6.07, 6.45) is 0.345. The van der Waals surface area contributed by atoms with Crippen molar-refractivity contribution in [2.75, 3.05) is 6.61 Å². The zero-order chi connectivity index (χ0) is 26.7. The highest BCUT2D eigenvalue weighted by Gasteiger charge is 2.30. The van der Waals surface area contributed by atoms with Gasteiger partial charge in [-0.2, -0.15) is 0 Å². The van der Waals surface area contributed by atoms with Crippen LogP contribution in [0.25, 0.3) is 0 Å². The van der Waals surface area contributed by atoms with Crippen molar-refractivity contribution in [2.24, 2.45) is 0 Å². The first-order valence-electron chi connectivity index (χ1n) is 12.3. The lowest BCUT2D eigenvalue weighted by Crippen LogP contribution is -2.51. The second-order valence-corrected chi connectivity index (χ2v) is 9.67. The van der Waals surface area contributed by atoms with E-state index in [1.54, 1.807) is 41.3 Å². The van der Waals surface area contributed by atoms with Gasteiger partial charge in [0.1, 0.15) is 11.8 Å². The van der Waals surface area contributed by atoms with Crippen LogP contribution in [0.4, 0.5) is 0 Å². The van der Waals surface area contributed by atoms with Crippen molar-refractivity contribution >= 4 is 35.0 Å². The number of carbonyl (C=O) groups is 2. The third-order valence-electron chi connectivity index (χ3n) is 6.02. The Labute approximate surface area is 233 Å². The minimum atomic E-state index is -0.771. The first-order chi connectivity index (χ1) is 18.5. The highest BCUT2D eigenvalue weighted by Crippen LogP contribution is 2.18. The van der Waals surface area contributed by atoms with E-state index in [4.69, 9.17) is 27.9 Å². The van der Waals surface area contributed by atoms with E-state index in [0.29, 0.717) is 28.8 Å². The smallest absolute Gasteiger partial charge is 0.261 e. The van der Waals surface area contributed by atoms with Gasteiger partial charge in [-0.15, -0.1) is 0 Å². The lowest BCUT2D eigenvalue weighted by Gasteiger charge is -2.31. The van der Waals surface area contributed by atoms with Gasteiger partial charge in [0.2, 0.25) is 5.91 Å². The van der Waals surface area contributed by atoms with Crippen LogP contribution in [0.1, 0.15) is 16.7 Å². The van der Waals surface area contributed by atoms with E-state index in [1.807, 2.05) is 72.8 Å². The number of para-hydroxylation sites is 1. The van der Waals surface area contributed by atoms with Crippen LogP contribution >= 0.6 is 23.2 Å². The summed E-state index contributed by atoms with van der Waals surface area (Å²) in [6.45, 7) is 0.332. The molecule has 1 atom stereocenters. The van der Waals surface area contributed by atoms with Crippen molar-refractivity contribution in [3.8, 4) is 5.75 Å². The molecule has 0 bridgehead atoms. The van der Waals surface area contributed by atoms with Crippen molar-refractivity contribution in [1.29, 1.82) is 0 Å². The van der Waals surface area contributed by atoms with Crippen LogP contribution in [0, 0.1) is 0 Å². The molecule has 0 heterocycles. The van der Waals surface area contributed by atoms with E-state index < -0.39 is 6.04 Å². The molecular weight excluding hydrogens is 519 g/mol. The second-order valence-electron chi connectivity index (χ2n) is 8.80. The number of rotatable bonds is 11. The zero-order valence-electron chi connectivity index (χ0n) is 20.7. The fraction of sp³-hybridized carbons (Fsp3) is 0.161. The Hall–Kier alpha value is -3.80. The Morgan fingerprint density at radius 1 is 0.711 bits per heavy atom. The van der Waals surface area contributed by atoms with Crippen LogP contribution in [0.2, 0.25) is 10.0 Å². The quantitative estimate of drug-likeness (QED) is 0.239. The van der Waals surface area contributed by atoms with Gasteiger partial charge in [0.25, 0.3) is 5.91 Å². The lowest BCUT2D eigenvalue weighted by atomic mass is 10.0. The Kier molecular flexibility index (Phi) is 9.79. The molecule has 0 aromatic heterocycles. The fourth-order valence-electron chi connectivity index (χ4n) is 3.99. The Morgan fingerprint density at radius 2 is 1.26 bits per heavy atom. The number of hydrogen-bond acceptors (Lipinski definition) is 3. The molecule has 7 heteroatoms. The first-order valence-corrected chi connectivity index (χ1v) is 13.0.